The second-order valence-corrected chi connectivity index (χ2v) is 10.9. The van der Waals surface area contributed by atoms with Crippen LogP contribution < -0.4 is 5.73 Å². The number of ketones is 2. The first-order valence-corrected chi connectivity index (χ1v) is 12.8. The van der Waals surface area contributed by atoms with Gasteiger partial charge < -0.3 is 26.2 Å². The predicted octanol–water partition coefficient (Wildman–Crippen LogP) is 1.05. The van der Waals surface area contributed by atoms with Gasteiger partial charge in [-0.15, -0.1) is 0 Å². The number of aliphatic hydroxyl groups excluding tert-OH is 2. The highest BCUT2D eigenvalue weighted by Gasteiger charge is 2.63. The van der Waals surface area contributed by atoms with E-state index in [0.29, 0.717) is 30.5 Å². The molecule has 1 heterocycles. The molecule has 38 heavy (non-hydrogen) atoms. The highest BCUT2D eigenvalue weighted by atomic mass is 16.3. The Morgan fingerprint density at radius 3 is 2.39 bits per heavy atom. The molecule has 1 aliphatic heterocycles. The number of amides is 1. The quantitative estimate of drug-likeness (QED) is 0.280. The summed E-state index contributed by atoms with van der Waals surface area (Å²) in [6.45, 7) is 3.86. The van der Waals surface area contributed by atoms with Crippen LogP contribution >= 0.6 is 0 Å². The van der Waals surface area contributed by atoms with E-state index < -0.39 is 58.0 Å². The van der Waals surface area contributed by atoms with Crippen LogP contribution in [0.5, 0.6) is 5.75 Å². The zero-order valence-electron chi connectivity index (χ0n) is 21.7. The molecule has 10 nitrogen and oxygen atoms in total. The van der Waals surface area contributed by atoms with Crippen LogP contribution in [0.4, 0.5) is 0 Å². The number of aryl methyl sites for hydroxylation is 1. The highest BCUT2D eigenvalue weighted by Crippen LogP contribution is 2.52. The molecule has 6 N–H and O–H groups in total. The number of likely N-dealkylation sites (N-methyl/N-ethyl adjacent to an activating group) is 1. The molecule has 1 aromatic carbocycles. The topological polar surface area (TPSA) is 165 Å². The summed E-state index contributed by atoms with van der Waals surface area (Å²) < 4.78 is 0. The molecule has 0 saturated carbocycles. The summed E-state index contributed by atoms with van der Waals surface area (Å²) in [7, 11) is 3.22. The molecular formula is C28H33N3O7. The lowest BCUT2D eigenvalue weighted by Gasteiger charge is -2.50. The van der Waals surface area contributed by atoms with Gasteiger partial charge in [0.05, 0.1) is 11.6 Å². The maximum atomic E-state index is 14.0. The predicted molar refractivity (Wildman–Crippen MR) is 137 cm³/mol. The van der Waals surface area contributed by atoms with Crippen molar-refractivity contribution in [3.8, 4) is 5.75 Å². The van der Waals surface area contributed by atoms with Gasteiger partial charge in [-0.25, -0.2) is 0 Å². The van der Waals surface area contributed by atoms with Gasteiger partial charge in [0.2, 0.25) is 5.78 Å². The lowest BCUT2D eigenvalue weighted by molar-refractivity contribution is -0.148. The number of fused-ring (bicyclic) bond motifs is 3. The second-order valence-electron chi connectivity index (χ2n) is 10.9. The van der Waals surface area contributed by atoms with E-state index in [2.05, 4.69) is 4.90 Å². The van der Waals surface area contributed by atoms with E-state index in [4.69, 9.17) is 5.73 Å². The Balaban J connectivity index is 1.67. The molecule has 4 aliphatic rings. The average molecular weight is 524 g/mol. The number of nitrogens with two attached hydrogens (primary N) is 1. The Bertz CT molecular complexity index is 1350. The number of nitrogens with zero attached hydrogens (tertiary/aromatic N) is 2. The van der Waals surface area contributed by atoms with Gasteiger partial charge in [0, 0.05) is 36.7 Å². The highest BCUT2D eigenvalue weighted by molar-refractivity contribution is 6.24. The normalized spacial score (nSPS) is 29.1. The van der Waals surface area contributed by atoms with E-state index >= 15 is 0 Å². The molecular weight excluding hydrogens is 490 g/mol. The molecule has 0 radical (unpaired) electrons. The van der Waals surface area contributed by atoms with Gasteiger partial charge >= 0.3 is 0 Å². The van der Waals surface area contributed by atoms with E-state index in [0.717, 1.165) is 18.7 Å². The van der Waals surface area contributed by atoms with Gasteiger partial charge in [0.1, 0.15) is 22.8 Å². The molecule has 3 aliphatic carbocycles. The minimum absolute atomic E-state index is 0.0762. The SMILES string of the molecule is CCc1cc(CN2CC=CC2)c(O)c2c1C[C@H]1C[C@H]3[C@H](N(C)C)C(O)=C(C(N)=O)C(=O)[C@@]3(O)C(O)=C1C2=O. The minimum atomic E-state index is -2.63. The van der Waals surface area contributed by atoms with Crippen LogP contribution in [0.3, 0.4) is 0 Å². The summed E-state index contributed by atoms with van der Waals surface area (Å²) >= 11 is 0. The van der Waals surface area contributed by atoms with Crippen LogP contribution in [0.25, 0.3) is 0 Å². The van der Waals surface area contributed by atoms with E-state index in [1.807, 2.05) is 25.1 Å². The number of rotatable bonds is 5. The molecule has 0 bridgehead atoms. The van der Waals surface area contributed by atoms with Crippen molar-refractivity contribution in [2.45, 2.75) is 44.4 Å². The Kier molecular flexibility index (Phi) is 6.24. The number of primary amides is 1. The number of Topliss-reactive ketones (excluding diaryl/α,β-unsaturated/α-hetero) is 2. The number of benzene rings is 1. The molecule has 4 atom stereocenters. The number of aliphatic hydroxyl groups is 3. The van der Waals surface area contributed by atoms with Crippen molar-refractivity contribution in [1.82, 2.24) is 9.80 Å². The Morgan fingerprint density at radius 1 is 1.16 bits per heavy atom. The van der Waals surface area contributed by atoms with Gasteiger partial charge in [-0.05, 0) is 50.4 Å². The molecule has 0 spiro atoms. The van der Waals surface area contributed by atoms with Crippen LogP contribution in [-0.2, 0) is 29.0 Å². The number of hydrogen-bond donors (Lipinski definition) is 5. The summed E-state index contributed by atoms with van der Waals surface area (Å²) in [6, 6.07) is 0.921. The molecule has 5 rings (SSSR count). The third-order valence-corrected chi connectivity index (χ3v) is 8.56. The van der Waals surface area contributed by atoms with E-state index in [-0.39, 0.29) is 23.3 Å². The van der Waals surface area contributed by atoms with Crippen LogP contribution in [0.1, 0.15) is 40.4 Å². The van der Waals surface area contributed by atoms with Crippen molar-refractivity contribution >= 4 is 17.5 Å². The maximum Gasteiger partial charge on any atom is 0.255 e. The summed E-state index contributed by atoms with van der Waals surface area (Å²) in [5.41, 5.74) is 4.07. The molecule has 202 valence electrons. The Hall–Kier alpha value is -3.47. The zero-order chi connectivity index (χ0) is 27.7. The molecule has 0 saturated heterocycles. The van der Waals surface area contributed by atoms with Crippen LogP contribution in [0, 0.1) is 11.8 Å². The minimum Gasteiger partial charge on any atom is -0.510 e. The molecule has 1 aromatic rings. The first-order valence-electron chi connectivity index (χ1n) is 12.8. The summed E-state index contributed by atoms with van der Waals surface area (Å²) in [5.74, 6) is -6.31. The fourth-order valence-electron chi connectivity index (χ4n) is 6.79. The molecule has 0 fully saturated rings. The van der Waals surface area contributed by atoms with Gasteiger partial charge in [0.15, 0.2) is 11.4 Å². The van der Waals surface area contributed by atoms with Gasteiger partial charge in [-0.3, -0.25) is 24.2 Å². The number of allylic oxidation sites excluding steroid dienone is 1. The van der Waals surface area contributed by atoms with Crippen molar-refractivity contribution < 1.29 is 34.8 Å². The zero-order valence-corrected chi connectivity index (χ0v) is 21.7. The number of aromatic hydroxyl groups is 1. The monoisotopic (exact) mass is 523 g/mol. The summed E-state index contributed by atoms with van der Waals surface area (Å²) in [5, 5.41) is 45.3. The number of phenolic OH excluding ortho intramolecular Hbond substituents is 1. The summed E-state index contributed by atoms with van der Waals surface area (Å²) in [6.07, 6.45) is 5.07. The lowest BCUT2D eigenvalue weighted by Crippen LogP contribution is -2.63. The standard InChI is InChI=1S/C28H33N3O7/c1-4-13-9-15(12-31-7-5-6-8-31)22(32)19-16(13)10-14-11-17-21(30(2)3)24(34)20(27(29)37)26(36)28(17,38)25(35)18(14)23(19)33/h5-6,9,14,17,21,32,34-35,38H,4,7-8,10-12H2,1-3H3,(H2,29,37)/t14-,17-,21-,28-/m0/s1. The van der Waals surface area contributed by atoms with Crippen molar-refractivity contribution in [2.24, 2.45) is 17.6 Å². The van der Waals surface area contributed by atoms with Gasteiger partial charge in [-0.1, -0.05) is 25.1 Å². The van der Waals surface area contributed by atoms with Crippen molar-refractivity contribution in [1.29, 1.82) is 0 Å². The Morgan fingerprint density at radius 2 is 1.82 bits per heavy atom. The van der Waals surface area contributed by atoms with E-state index in [1.54, 1.807) is 19.0 Å². The molecule has 10 heteroatoms. The van der Waals surface area contributed by atoms with Crippen molar-refractivity contribution in [3.05, 3.63) is 63.1 Å². The fraction of sp³-hybridized carbons (Fsp3) is 0.464. The van der Waals surface area contributed by atoms with Crippen molar-refractivity contribution in [3.63, 3.8) is 0 Å². The van der Waals surface area contributed by atoms with Crippen LogP contribution in [0.15, 0.2) is 40.9 Å². The first kappa shape index (κ1) is 26.1. The average Bonchev–Trinajstić information content (AvgIpc) is 3.36. The maximum absolute atomic E-state index is 14.0. The second kappa shape index (κ2) is 9.07. The fourth-order valence-corrected chi connectivity index (χ4v) is 6.79. The number of carbonyl (C=O) groups is 3. The van der Waals surface area contributed by atoms with Crippen molar-refractivity contribution in [2.75, 3.05) is 27.2 Å². The molecule has 1 amide bonds. The number of hydrogen-bond acceptors (Lipinski definition) is 9. The molecule has 0 unspecified atom stereocenters. The van der Waals surface area contributed by atoms with E-state index in [9.17, 15) is 34.8 Å². The molecule has 0 aromatic heterocycles. The van der Waals surface area contributed by atoms with Gasteiger partial charge in [0.25, 0.3) is 5.91 Å². The number of carbonyl (C=O) groups excluding carboxylic acids is 3. The number of phenols is 1. The Labute approximate surface area is 220 Å². The van der Waals surface area contributed by atoms with Crippen LogP contribution in [-0.4, -0.2) is 86.5 Å². The van der Waals surface area contributed by atoms with Crippen LogP contribution in [0.2, 0.25) is 0 Å². The smallest absolute Gasteiger partial charge is 0.255 e. The third-order valence-electron chi connectivity index (χ3n) is 8.56. The van der Waals surface area contributed by atoms with E-state index in [1.165, 1.54) is 0 Å². The van der Waals surface area contributed by atoms with Gasteiger partial charge in [-0.2, -0.15) is 0 Å². The third kappa shape index (κ3) is 3.54. The largest absolute Gasteiger partial charge is 0.510 e. The lowest BCUT2D eigenvalue weighted by atomic mass is 9.58. The first-order chi connectivity index (χ1) is 17.9. The summed E-state index contributed by atoms with van der Waals surface area (Å²) in [4.78, 5) is 43.1.